The molecule has 1 amide bonds. The fourth-order valence-corrected chi connectivity index (χ4v) is 4.12. The topological polar surface area (TPSA) is 55.6 Å². The Morgan fingerprint density at radius 1 is 1.14 bits per heavy atom. The molecule has 0 aliphatic carbocycles. The number of thiazole rings is 1. The predicted molar refractivity (Wildman–Crippen MR) is 116 cm³/mol. The number of ether oxygens (including phenoxy) is 1. The first-order valence-electron chi connectivity index (χ1n) is 9.64. The van der Waals surface area contributed by atoms with Gasteiger partial charge in [-0.05, 0) is 67.4 Å². The molecule has 5 nitrogen and oxygen atoms in total. The lowest BCUT2D eigenvalue weighted by molar-refractivity contribution is 0.0983. The van der Waals surface area contributed by atoms with Gasteiger partial charge >= 0.3 is 0 Å². The zero-order valence-electron chi connectivity index (χ0n) is 16.4. The van der Waals surface area contributed by atoms with Crippen LogP contribution in [0, 0.1) is 0 Å². The van der Waals surface area contributed by atoms with Gasteiger partial charge in [0, 0.05) is 5.56 Å². The number of furan rings is 1. The Kier molecular flexibility index (Phi) is 5.62. The molecule has 0 unspecified atom stereocenters. The zero-order valence-corrected chi connectivity index (χ0v) is 17.2. The van der Waals surface area contributed by atoms with Crippen LogP contribution in [0.1, 0.15) is 35.5 Å². The molecule has 4 rings (SSSR count). The first-order chi connectivity index (χ1) is 14.2. The molecule has 0 bridgehead atoms. The lowest BCUT2D eigenvalue weighted by Gasteiger charge is -2.19. The number of hydrogen-bond donors (Lipinski definition) is 0. The summed E-state index contributed by atoms with van der Waals surface area (Å²) in [6.45, 7) is 4.96. The normalized spacial score (nSPS) is 11.0. The number of carbonyl (C=O) groups is 1. The van der Waals surface area contributed by atoms with Crippen LogP contribution in [0.4, 0.5) is 5.13 Å². The maximum Gasteiger partial charge on any atom is 0.260 e. The van der Waals surface area contributed by atoms with Crippen molar-refractivity contribution in [2.45, 2.75) is 26.8 Å². The van der Waals surface area contributed by atoms with E-state index in [9.17, 15) is 4.79 Å². The highest BCUT2D eigenvalue weighted by Crippen LogP contribution is 2.32. The minimum atomic E-state index is -0.126. The third-order valence-electron chi connectivity index (χ3n) is 4.63. The van der Waals surface area contributed by atoms with E-state index in [1.165, 1.54) is 16.9 Å². The van der Waals surface area contributed by atoms with Gasteiger partial charge in [-0.25, -0.2) is 4.98 Å². The maximum absolute atomic E-state index is 13.4. The number of aromatic nitrogens is 1. The van der Waals surface area contributed by atoms with Crippen molar-refractivity contribution in [2.24, 2.45) is 0 Å². The largest absolute Gasteiger partial charge is 0.494 e. The molecule has 0 saturated carbocycles. The van der Waals surface area contributed by atoms with Gasteiger partial charge in [-0.15, -0.1) is 0 Å². The van der Waals surface area contributed by atoms with Crippen LogP contribution in [0.2, 0.25) is 0 Å². The van der Waals surface area contributed by atoms with E-state index in [0.29, 0.717) is 29.6 Å². The van der Waals surface area contributed by atoms with Crippen LogP contribution in [-0.4, -0.2) is 17.5 Å². The number of benzene rings is 2. The zero-order chi connectivity index (χ0) is 20.2. The summed E-state index contributed by atoms with van der Waals surface area (Å²) in [4.78, 5) is 19.7. The summed E-state index contributed by atoms with van der Waals surface area (Å²) in [6, 6.07) is 17.1. The summed E-state index contributed by atoms with van der Waals surface area (Å²) < 4.78 is 12.1. The highest BCUT2D eigenvalue weighted by Gasteiger charge is 2.23. The van der Waals surface area contributed by atoms with Crippen molar-refractivity contribution < 1.29 is 13.9 Å². The number of rotatable bonds is 7. The van der Waals surface area contributed by atoms with Crippen molar-refractivity contribution in [1.82, 2.24) is 4.98 Å². The molecule has 29 heavy (non-hydrogen) atoms. The van der Waals surface area contributed by atoms with Gasteiger partial charge < -0.3 is 9.15 Å². The number of carbonyl (C=O) groups excluding carboxylic acids is 1. The number of anilines is 1. The number of aryl methyl sites for hydroxylation is 1. The second-order valence-electron chi connectivity index (χ2n) is 6.58. The predicted octanol–water partition coefficient (Wildman–Crippen LogP) is 5.70. The second-order valence-corrected chi connectivity index (χ2v) is 7.59. The quantitative estimate of drug-likeness (QED) is 0.395. The van der Waals surface area contributed by atoms with Gasteiger partial charge in [0.2, 0.25) is 0 Å². The van der Waals surface area contributed by atoms with Crippen LogP contribution in [-0.2, 0) is 13.0 Å². The van der Waals surface area contributed by atoms with Gasteiger partial charge in [0.1, 0.15) is 11.5 Å². The molecule has 0 aliphatic heterocycles. The van der Waals surface area contributed by atoms with Crippen LogP contribution in [0.25, 0.3) is 10.2 Å². The first kappa shape index (κ1) is 19.2. The van der Waals surface area contributed by atoms with E-state index < -0.39 is 0 Å². The van der Waals surface area contributed by atoms with Crippen molar-refractivity contribution in [2.75, 3.05) is 11.5 Å². The minimum absolute atomic E-state index is 0.126. The lowest BCUT2D eigenvalue weighted by atomic mass is 10.2. The number of hydrogen-bond acceptors (Lipinski definition) is 5. The van der Waals surface area contributed by atoms with Crippen LogP contribution in [0.3, 0.4) is 0 Å². The van der Waals surface area contributed by atoms with Gasteiger partial charge in [-0.3, -0.25) is 9.69 Å². The average molecular weight is 407 g/mol. The Hall–Kier alpha value is -3.12. The molecule has 148 valence electrons. The van der Waals surface area contributed by atoms with Gasteiger partial charge in [-0.1, -0.05) is 24.3 Å². The lowest BCUT2D eigenvalue weighted by Crippen LogP contribution is -2.30. The van der Waals surface area contributed by atoms with Crippen molar-refractivity contribution in [3.63, 3.8) is 0 Å². The van der Waals surface area contributed by atoms with Gasteiger partial charge in [-0.2, -0.15) is 0 Å². The van der Waals surface area contributed by atoms with E-state index in [-0.39, 0.29) is 5.91 Å². The monoisotopic (exact) mass is 406 g/mol. The van der Waals surface area contributed by atoms with Gasteiger partial charge in [0.25, 0.3) is 5.91 Å². The van der Waals surface area contributed by atoms with Crippen LogP contribution >= 0.6 is 11.3 Å². The fraction of sp³-hybridized carbons (Fsp3) is 0.217. The summed E-state index contributed by atoms with van der Waals surface area (Å²) in [6.07, 6.45) is 2.57. The third kappa shape index (κ3) is 4.17. The highest BCUT2D eigenvalue weighted by atomic mass is 32.1. The van der Waals surface area contributed by atoms with Crippen molar-refractivity contribution in [1.29, 1.82) is 0 Å². The molecule has 2 aromatic heterocycles. The van der Waals surface area contributed by atoms with E-state index in [0.717, 1.165) is 22.4 Å². The molecule has 6 heteroatoms. The van der Waals surface area contributed by atoms with Crippen molar-refractivity contribution >= 4 is 32.6 Å². The Morgan fingerprint density at radius 2 is 1.97 bits per heavy atom. The Bertz CT molecular complexity index is 1100. The summed E-state index contributed by atoms with van der Waals surface area (Å²) in [5, 5.41) is 0.656. The van der Waals surface area contributed by atoms with Gasteiger partial charge in [0.05, 0.1) is 29.6 Å². The Labute approximate surface area is 173 Å². The molecule has 2 aromatic carbocycles. The molecule has 0 fully saturated rings. The molecule has 0 saturated heterocycles. The van der Waals surface area contributed by atoms with E-state index >= 15 is 0 Å². The molecule has 0 spiro atoms. The summed E-state index contributed by atoms with van der Waals surface area (Å²) in [5.74, 6) is 1.32. The molecule has 0 atom stereocenters. The molecular formula is C23H22N2O3S. The average Bonchev–Trinajstić information content (AvgIpc) is 3.41. The van der Waals surface area contributed by atoms with E-state index in [4.69, 9.17) is 14.1 Å². The maximum atomic E-state index is 13.4. The highest BCUT2D eigenvalue weighted by molar-refractivity contribution is 7.22. The first-order valence-corrected chi connectivity index (χ1v) is 10.5. The number of amides is 1. The standard InChI is InChI=1S/C23H22N2O3S/c1-3-16-7-12-20-21(14-16)29-23(24-20)25(15-19-6-5-13-28-19)22(26)17-8-10-18(11-9-17)27-4-2/h5-14H,3-4,15H2,1-2H3. The summed E-state index contributed by atoms with van der Waals surface area (Å²) >= 11 is 1.52. The molecule has 2 heterocycles. The number of fused-ring (bicyclic) bond motifs is 1. The number of nitrogens with zero attached hydrogens (tertiary/aromatic N) is 2. The third-order valence-corrected chi connectivity index (χ3v) is 5.67. The van der Waals surface area contributed by atoms with Crippen LogP contribution < -0.4 is 9.64 Å². The molecule has 0 aliphatic rings. The van der Waals surface area contributed by atoms with E-state index in [1.807, 2.05) is 37.3 Å². The van der Waals surface area contributed by atoms with E-state index in [2.05, 4.69) is 19.1 Å². The minimum Gasteiger partial charge on any atom is -0.494 e. The molecule has 0 radical (unpaired) electrons. The Morgan fingerprint density at radius 3 is 2.66 bits per heavy atom. The SMILES string of the molecule is CCOc1ccc(C(=O)N(Cc2ccco2)c2nc3ccc(CC)cc3s2)cc1. The molecule has 0 N–H and O–H groups in total. The fourth-order valence-electron chi connectivity index (χ4n) is 3.09. The van der Waals surface area contributed by atoms with E-state index in [1.54, 1.807) is 23.3 Å². The summed E-state index contributed by atoms with van der Waals surface area (Å²) in [7, 11) is 0. The summed E-state index contributed by atoms with van der Waals surface area (Å²) in [5.41, 5.74) is 2.72. The van der Waals surface area contributed by atoms with Crippen LogP contribution in [0.15, 0.2) is 65.3 Å². The van der Waals surface area contributed by atoms with Crippen molar-refractivity contribution in [3.05, 3.63) is 77.7 Å². The smallest absolute Gasteiger partial charge is 0.260 e. The Balaban J connectivity index is 1.70. The molecular weight excluding hydrogens is 384 g/mol. The second kappa shape index (κ2) is 8.49. The van der Waals surface area contributed by atoms with Gasteiger partial charge in [0.15, 0.2) is 5.13 Å². The van der Waals surface area contributed by atoms with Crippen LogP contribution in [0.5, 0.6) is 5.75 Å². The van der Waals surface area contributed by atoms with Crippen molar-refractivity contribution in [3.8, 4) is 5.75 Å². The molecule has 4 aromatic rings.